The Morgan fingerprint density at radius 3 is 2.65 bits per heavy atom. The molecule has 0 aliphatic rings. The third kappa shape index (κ3) is 2.83. The van der Waals surface area contributed by atoms with E-state index in [-0.39, 0.29) is 0 Å². The molecule has 20 heavy (non-hydrogen) atoms. The van der Waals surface area contributed by atoms with Crippen molar-refractivity contribution in [2.45, 2.75) is 4.90 Å². The van der Waals surface area contributed by atoms with Gasteiger partial charge >= 0.3 is 0 Å². The molecule has 100 valence electrons. The SMILES string of the molecule is Brc1cccc(NSc2ccccc2)c1-c1nnn[nH]1. The van der Waals surface area contributed by atoms with Crippen LogP contribution in [0.1, 0.15) is 0 Å². The Kier molecular flexibility index (Phi) is 3.98. The smallest absolute Gasteiger partial charge is 0.182 e. The summed E-state index contributed by atoms with van der Waals surface area (Å²) in [6.07, 6.45) is 0. The second kappa shape index (κ2) is 6.06. The van der Waals surface area contributed by atoms with Crippen LogP contribution < -0.4 is 4.72 Å². The van der Waals surface area contributed by atoms with E-state index in [0.29, 0.717) is 5.82 Å². The van der Waals surface area contributed by atoms with Crippen LogP contribution in [0.2, 0.25) is 0 Å². The first-order valence-electron chi connectivity index (χ1n) is 5.85. The second-order valence-corrected chi connectivity index (χ2v) is 5.66. The van der Waals surface area contributed by atoms with E-state index in [0.717, 1.165) is 20.6 Å². The number of aromatic amines is 1. The van der Waals surface area contributed by atoms with Gasteiger partial charge in [-0.05, 0) is 62.6 Å². The van der Waals surface area contributed by atoms with E-state index in [1.165, 1.54) is 0 Å². The summed E-state index contributed by atoms with van der Waals surface area (Å²) < 4.78 is 4.26. The van der Waals surface area contributed by atoms with Gasteiger partial charge in [0.1, 0.15) is 0 Å². The zero-order valence-corrected chi connectivity index (χ0v) is 12.6. The Labute approximate surface area is 128 Å². The number of anilines is 1. The van der Waals surface area contributed by atoms with Gasteiger partial charge in [-0.25, -0.2) is 5.10 Å². The molecule has 0 aliphatic heterocycles. The Morgan fingerprint density at radius 1 is 1.05 bits per heavy atom. The summed E-state index contributed by atoms with van der Waals surface area (Å²) in [6, 6.07) is 16.0. The van der Waals surface area contributed by atoms with Gasteiger partial charge in [-0.1, -0.05) is 24.3 Å². The molecule has 3 rings (SSSR count). The lowest BCUT2D eigenvalue weighted by Crippen LogP contribution is -1.93. The Bertz CT molecular complexity index is 687. The minimum atomic E-state index is 0.619. The second-order valence-electron chi connectivity index (χ2n) is 3.93. The summed E-state index contributed by atoms with van der Waals surface area (Å²) in [5.74, 6) is 0.619. The summed E-state index contributed by atoms with van der Waals surface area (Å²) in [5.41, 5.74) is 1.84. The Morgan fingerprint density at radius 2 is 1.90 bits per heavy atom. The molecule has 0 saturated heterocycles. The fraction of sp³-hybridized carbons (Fsp3) is 0. The Balaban J connectivity index is 1.88. The molecule has 0 saturated carbocycles. The van der Waals surface area contributed by atoms with Crippen molar-refractivity contribution in [2.75, 3.05) is 4.72 Å². The van der Waals surface area contributed by atoms with Gasteiger partial charge in [-0.3, -0.25) is 0 Å². The van der Waals surface area contributed by atoms with Gasteiger partial charge in [-0.15, -0.1) is 5.10 Å². The number of rotatable bonds is 4. The Hall–Kier alpha value is -1.86. The van der Waals surface area contributed by atoms with Gasteiger partial charge in [-0.2, -0.15) is 0 Å². The van der Waals surface area contributed by atoms with Crippen LogP contribution in [0.15, 0.2) is 57.9 Å². The molecule has 0 fully saturated rings. The standard InChI is InChI=1S/C13H10BrN5S/c14-10-7-4-8-11(12(10)13-15-18-19-16-13)17-20-9-5-2-1-3-6-9/h1-8,17H,(H,15,16,18,19). The molecule has 0 unspecified atom stereocenters. The fourth-order valence-electron chi connectivity index (χ4n) is 1.72. The average Bonchev–Trinajstić information content (AvgIpc) is 3.00. The molecule has 0 radical (unpaired) electrons. The number of tetrazole rings is 1. The van der Waals surface area contributed by atoms with Crippen molar-refractivity contribution in [3.63, 3.8) is 0 Å². The van der Waals surface area contributed by atoms with Crippen LogP contribution >= 0.6 is 27.9 Å². The highest BCUT2D eigenvalue weighted by molar-refractivity contribution is 9.10. The minimum Gasteiger partial charge on any atom is -0.325 e. The largest absolute Gasteiger partial charge is 0.325 e. The summed E-state index contributed by atoms with van der Waals surface area (Å²) in [6.45, 7) is 0. The zero-order chi connectivity index (χ0) is 13.8. The topological polar surface area (TPSA) is 66.5 Å². The van der Waals surface area contributed by atoms with Gasteiger partial charge in [0.05, 0.1) is 11.3 Å². The third-order valence-electron chi connectivity index (χ3n) is 2.62. The number of hydrogen-bond acceptors (Lipinski definition) is 5. The monoisotopic (exact) mass is 347 g/mol. The predicted octanol–water partition coefficient (Wildman–Crippen LogP) is 3.75. The first kappa shape index (κ1) is 13.1. The molecule has 0 spiro atoms. The zero-order valence-electron chi connectivity index (χ0n) is 10.2. The molecule has 2 N–H and O–H groups in total. The maximum absolute atomic E-state index is 3.97. The quantitative estimate of drug-likeness (QED) is 0.703. The minimum absolute atomic E-state index is 0.619. The molecular weight excluding hydrogens is 338 g/mol. The first-order valence-corrected chi connectivity index (χ1v) is 7.46. The van der Waals surface area contributed by atoms with Crippen molar-refractivity contribution in [1.82, 2.24) is 20.6 Å². The van der Waals surface area contributed by atoms with Crippen molar-refractivity contribution in [1.29, 1.82) is 0 Å². The van der Waals surface area contributed by atoms with Crippen LogP contribution in [-0.2, 0) is 0 Å². The van der Waals surface area contributed by atoms with Gasteiger partial charge in [0.25, 0.3) is 0 Å². The van der Waals surface area contributed by atoms with E-state index < -0.39 is 0 Å². The molecule has 1 aromatic heterocycles. The molecule has 2 aromatic carbocycles. The normalized spacial score (nSPS) is 10.4. The highest BCUT2D eigenvalue weighted by Crippen LogP contribution is 2.34. The molecule has 0 atom stereocenters. The maximum atomic E-state index is 3.97. The lowest BCUT2D eigenvalue weighted by molar-refractivity contribution is 0.881. The van der Waals surface area contributed by atoms with Crippen LogP contribution in [0, 0.1) is 0 Å². The van der Waals surface area contributed by atoms with Crippen LogP contribution in [0.5, 0.6) is 0 Å². The van der Waals surface area contributed by atoms with Crippen LogP contribution in [0.25, 0.3) is 11.4 Å². The summed E-state index contributed by atoms with van der Waals surface area (Å²) in [5, 5.41) is 14.0. The third-order valence-corrected chi connectivity index (χ3v) is 4.11. The summed E-state index contributed by atoms with van der Waals surface area (Å²) in [4.78, 5) is 1.13. The van der Waals surface area contributed by atoms with E-state index in [1.807, 2.05) is 48.5 Å². The molecule has 1 heterocycles. The van der Waals surface area contributed by atoms with Crippen LogP contribution in [-0.4, -0.2) is 20.6 Å². The molecule has 0 amide bonds. The molecule has 7 heteroatoms. The van der Waals surface area contributed by atoms with Crippen molar-refractivity contribution in [3.8, 4) is 11.4 Å². The van der Waals surface area contributed by atoms with Gasteiger partial charge in [0.2, 0.25) is 0 Å². The maximum Gasteiger partial charge on any atom is 0.182 e. The van der Waals surface area contributed by atoms with E-state index >= 15 is 0 Å². The van der Waals surface area contributed by atoms with Crippen LogP contribution in [0.4, 0.5) is 5.69 Å². The fourth-order valence-corrected chi connectivity index (χ4v) is 2.96. The van der Waals surface area contributed by atoms with Crippen LogP contribution in [0.3, 0.4) is 0 Å². The number of benzene rings is 2. The van der Waals surface area contributed by atoms with Gasteiger partial charge < -0.3 is 4.72 Å². The van der Waals surface area contributed by atoms with E-state index in [1.54, 1.807) is 11.9 Å². The van der Waals surface area contributed by atoms with Crippen molar-refractivity contribution < 1.29 is 0 Å². The molecular formula is C13H10BrN5S. The van der Waals surface area contributed by atoms with E-state index in [9.17, 15) is 0 Å². The van der Waals surface area contributed by atoms with Crippen molar-refractivity contribution in [2.24, 2.45) is 0 Å². The number of nitrogens with one attached hydrogen (secondary N) is 2. The number of halogens is 1. The van der Waals surface area contributed by atoms with Crippen molar-refractivity contribution in [3.05, 3.63) is 53.0 Å². The molecule has 3 aromatic rings. The lowest BCUT2D eigenvalue weighted by Gasteiger charge is -2.10. The molecule has 5 nitrogen and oxygen atoms in total. The molecule has 0 bridgehead atoms. The lowest BCUT2D eigenvalue weighted by atomic mass is 10.2. The average molecular weight is 348 g/mol. The van der Waals surface area contributed by atoms with E-state index in [4.69, 9.17) is 0 Å². The predicted molar refractivity (Wildman–Crippen MR) is 83.2 cm³/mol. The summed E-state index contributed by atoms with van der Waals surface area (Å²) >= 11 is 5.07. The highest BCUT2D eigenvalue weighted by Gasteiger charge is 2.12. The first-order chi connectivity index (χ1) is 9.84. The number of hydrogen-bond donors (Lipinski definition) is 2. The number of aromatic nitrogens is 4. The van der Waals surface area contributed by atoms with Crippen molar-refractivity contribution >= 4 is 33.6 Å². The van der Waals surface area contributed by atoms with Gasteiger partial charge in [0, 0.05) is 9.37 Å². The highest BCUT2D eigenvalue weighted by atomic mass is 79.9. The molecule has 0 aliphatic carbocycles. The van der Waals surface area contributed by atoms with Gasteiger partial charge in [0.15, 0.2) is 5.82 Å². The summed E-state index contributed by atoms with van der Waals surface area (Å²) in [7, 11) is 0. The van der Waals surface area contributed by atoms with E-state index in [2.05, 4.69) is 41.3 Å². The number of nitrogens with zero attached hydrogens (tertiary/aromatic N) is 3. The number of H-pyrrole nitrogens is 1.